The minimum atomic E-state index is -0.301. The number of carbonyl (C=O) groups excluding carboxylic acids is 1. The van der Waals surface area contributed by atoms with Crippen molar-refractivity contribution < 1.29 is 14.3 Å². The molecule has 3 heterocycles. The van der Waals surface area contributed by atoms with Gasteiger partial charge in [-0.3, -0.25) is 0 Å². The lowest BCUT2D eigenvalue weighted by Crippen LogP contribution is -1.98. The fourth-order valence-electron chi connectivity index (χ4n) is 3.73. The number of hydrogen-bond donors (Lipinski definition) is 0. The molecule has 0 saturated carbocycles. The predicted molar refractivity (Wildman–Crippen MR) is 121 cm³/mol. The molecule has 0 spiro atoms. The van der Waals surface area contributed by atoms with Crippen LogP contribution in [0.4, 0.5) is 0 Å². The maximum absolute atomic E-state index is 13.0. The number of esters is 1. The van der Waals surface area contributed by atoms with Gasteiger partial charge in [0.05, 0.1) is 12.7 Å². The molecule has 1 aromatic carbocycles. The molecule has 0 radical (unpaired) electrons. The van der Waals surface area contributed by atoms with Crippen molar-refractivity contribution in [3.63, 3.8) is 0 Å². The summed E-state index contributed by atoms with van der Waals surface area (Å²) in [7, 11) is 1.64. The highest BCUT2D eigenvalue weighted by Gasteiger charge is 2.34. The van der Waals surface area contributed by atoms with Gasteiger partial charge in [-0.15, -0.1) is 22.7 Å². The third-order valence-corrected chi connectivity index (χ3v) is 6.88. The van der Waals surface area contributed by atoms with Crippen LogP contribution in [0.1, 0.15) is 36.2 Å². The van der Waals surface area contributed by atoms with E-state index in [4.69, 9.17) is 9.47 Å². The van der Waals surface area contributed by atoms with Crippen molar-refractivity contribution in [3.8, 4) is 5.75 Å². The Labute approximate surface area is 178 Å². The summed E-state index contributed by atoms with van der Waals surface area (Å²) in [6, 6.07) is 12.0. The normalized spacial score (nSPS) is 15.3. The average molecular weight is 423 g/mol. The maximum atomic E-state index is 13.0. The Kier molecular flexibility index (Phi) is 5.19. The second kappa shape index (κ2) is 7.65. The van der Waals surface area contributed by atoms with Crippen LogP contribution in [0.15, 0.2) is 42.2 Å². The van der Waals surface area contributed by atoms with Crippen LogP contribution in [0.3, 0.4) is 0 Å². The Morgan fingerprint density at radius 2 is 1.48 bits per heavy atom. The van der Waals surface area contributed by atoms with Gasteiger partial charge in [0.15, 0.2) is 0 Å². The molecule has 0 bridgehead atoms. The zero-order valence-corrected chi connectivity index (χ0v) is 18.7. The highest BCUT2D eigenvalue weighted by Crippen LogP contribution is 2.45. The third kappa shape index (κ3) is 3.56. The number of methoxy groups -OCH3 is 1. The first-order valence-corrected chi connectivity index (χ1v) is 11.0. The Bertz CT molecular complexity index is 1170. The standard InChI is InChI=1S/C24H22O3S2/c1-13-10-18(15(3)28-13)22-21(12-17-8-6-7-9-20(17)26-5)27-24(25)23(22)19-11-14(2)29-16(19)4/h6-12H,1-5H3. The molecule has 0 aliphatic carbocycles. The second-order valence-electron chi connectivity index (χ2n) is 7.04. The first-order chi connectivity index (χ1) is 13.9. The molecular formula is C24H22O3S2. The quantitative estimate of drug-likeness (QED) is 0.447. The molecule has 0 amide bonds. The molecule has 1 aliphatic heterocycles. The van der Waals surface area contributed by atoms with E-state index in [1.807, 2.05) is 30.3 Å². The van der Waals surface area contributed by atoms with E-state index in [0.29, 0.717) is 11.3 Å². The van der Waals surface area contributed by atoms with Crippen LogP contribution in [0.5, 0.6) is 5.75 Å². The minimum Gasteiger partial charge on any atom is -0.496 e. The van der Waals surface area contributed by atoms with Crippen LogP contribution in [0.25, 0.3) is 17.2 Å². The number of carbonyl (C=O) groups is 1. The van der Waals surface area contributed by atoms with Gasteiger partial charge in [-0.2, -0.15) is 0 Å². The van der Waals surface area contributed by atoms with E-state index in [9.17, 15) is 4.79 Å². The van der Waals surface area contributed by atoms with Crippen LogP contribution in [0.2, 0.25) is 0 Å². The van der Waals surface area contributed by atoms with Gasteiger partial charge < -0.3 is 9.47 Å². The highest BCUT2D eigenvalue weighted by molar-refractivity contribution is 7.12. The van der Waals surface area contributed by atoms with Gasteiger partial charge in [0.25, 0.3) is 0 Å². The molecule has 3 aromatic rings. The Morgan fingerprint density at radius 1 is 0.897 bits per heavy atom. The summed E-state index contributed by atoms with van der Waals surface area (Å²) >= 11 is 3.43. The number of allylic oxidation sites excluding steroid dienone is 1. The number of cyclic esters (lactones) is 1. The highest BCUT2D eigenvalue weighted by atomic mass is 32.1. The predicted octanol–water partition coefficient (Wildman–Crippen LogP) is 6.56. The minimum absolute atomic E-state index is 0.301. The van der Waals surface area contributed by atoms with Crippen molar-refractivity contribution in [2.75, 3.05) is 7.11 Å². The molecule has 0 unspecified atom stereocenters. The molecule has 148 valence electrons. The van der Waals surface area contributed by atoms with E-state index in [2.05, 4.69) is 39.8 Å². The number of thiophene rings is 2. The van der Waals surface area contributed by atoms with Crippen molar-refractivity contribution in [2.24, 2.45) is 0 Å². The summed E-state index contributed by atoms with van der Waals surface area (Å²) in [5, 5.41) is 0. The SMILES string of the molecule is COc1ccccc1C=C1OC(=O)C(c2cc(C)sc2C)=C1c1cc(C)sc1C. The topological polar surface area (TPSA) is 35.5 Å². The number of rotatable bonds is 4. The molecular weight excluding hydrogens is 400 g/mol. The van der Waals surface area contributed by atoms with Crippen LogP contribution >= 0.6 is 22.7 Å². The summed E-state index contributed by atoms with van der Waals surface area (Å²) < 4.78 is 11.3. The maximum Gasteiger partial charge on any atom is 0.344 e. The number of benzene rings is 1. The Hall–Kier alpha value is -2.63. The molecule has 0 fully saturated rings. The molecule has 0 saturated heterocycles. The van der Waals surface area contributed by atoms with Gasteiger partial charge in [-0.25, -0.2) is 4.79 Å². The average Bonchev–Trinajstić information content (AvgIpc) is 3.29. The van der Waals surface area contributed by atoms with Crippen LogP contribution < -0.4 is 4.74 Å². The smallest absolute Gasteiger partial charge is 0.344 e. The van der Waals surface area contributed by atoms with Gasteiger partial charge in [0.1, 0.15) is 11.5 Å². The van der Waals surface area contributed by atoms with Crippen LogP contribution in [-0.4, -0.2) is 13.1 Å². The van der Waals surface area contributed by atoms with E-state index in [1.165, 1.54) is 14.6 Å². The lowest BCUT2D eigenvalue weighted by atomic mass is 9.94. The lowest BCUT2D eigenvalue weighted by molar-refractivity contribution is -0.131. The lowest BCUT2D eigenvalue weighted by Gasteiger charge is -2.08. The summed E-state index contributed by atoms with van der Waals surface area (Å²) in [5.74, 6) is 1.01. The Balaban J connectivity index is 2.00. The van der Waals surface area contributed by atoms with E-state index in [0.717, 1.165) is 32.9 Å². The van der Waals surface area contributed by atoms with Gasteiger partial charge in [0, 0.05) is 41.8 Å². The largest absolute Gasteiger partial charge is 0.496 e. The monoisotopic (exact) mass is 422 g/mol. The molecule has 0 N–H and O–H groups in total. The number of para-hydroxylation sites is 1. The van der Waals surface area contributed by atoms with E-state index < -0.39 is 0 Å². The van der Waals surface area contributed by atoms with E-state index in [-0.39, 0.29) is 5.97 Å². The summed E-state index contributed by atoms with van der Waals surface area (Å²) in [5.41, 5.74) is 4.40. The summed E-state index contributed by atoms with van der Waals surface area (Å²) in [4.78, 5) is 17.7. The first-order valence-electron chi connectivity index (χ1n) is 9.35. The summed E-state index contributed by atoms with van der Waals surface area (Å²) in [6.07, 6.45) is 1.90. The second-order valence-corrected chi connectivity index (χ2v) is 9.96. The molecule has 29 heavy (non-hydrogen) atoms. The fraction of sp³-hybridized carbons (Fsp3) is 0.208. The summed E-state index contributed by atoms with van der Waals surface area (Å²) in [6.45, 7) is 8.29. The molecule has 4 rings (SSSR count). The third-order valence-electron chi connectivity index (χ3n) is 4.95. The van der Waals surface area contributed by atoms with Gasteiger partial charge in [-0.1, -0.05) is 18.2 Å². The van der Waals surface area contributed by atoms with Crippen molar-refractivity contribution in [1.29, 1.82) is 0 Å². The van der Waals surface area contributed by atoms with Crippen molar-refractivity contribution in [2.45, 2.75) is 27.7 Å². The number of aryl methyl sites for hydroxylation is 4. The Morgan fingerprint density at radius 3 is 2.03 bits per heavy atom. The number of ether oxygens (including phenoxy) is 2. The number of hydrogen-bond acceptors (Lipinski definition) is 5. The molecule has 2 aromatic heterocycles. The zero-order chi connectivity index (χ0) is 20.7. The molecule has 3 nitrogen and oxygen atoms in total. The van der Waals surface area contributed by atoms with Gasteiger partial charge in [0.2, 0.25) is 0 Å². The molecule has 1 aliphatic rings. The zero-order valence-electron chi connectivity index (χ0n) is 17.1. The molecule has 5 heteroatoms. The van der Waals surface area contributed by atoms with Crippen molar-refractivity contribution >= 4 is 45.9 Å². The molecule has 0 atom stereocenters. The van der Waals surface area contributed by atoms with Crippen molar-refractivity contribution in [1.82, 2.24) is 0 Å². The van der Waals surface area contributed by atoms with Gasteiger partial charge >= 0.3 is 5.97 Å². The van der Waals surface area contributed by atoms with Crippen LogP contribution in [-0.2, 0) is 9.53 Å². The van der Waals surface area contributed by atoms with E-state index in [1.54, 1.807) is 29.8 Å². The van der Waals surface area contributed by atoms with Gasteiger partial charge in [-0.05, 0) is 52.0 Å². The van der Waals surface area contributed by atoms with E-state index >= 15 is 0 Å². The van der Waals surface area contributed by atoms with Crippen LogP contribution in [0, 0.1) is 27.7 Å². The van der Waals surface area contributed by atoms with Crippen molar-refractivity contribution in [3.05, 3.63) is 78.4 Å². The fourth-order valence-corrected chi connectivity index (χ4v) is 5.59. The first kappa shape index (κ1) is 19.7.